The highest BCUT2D eigenvalue weighted by Gasteiger charge is 2.31. The second-order valence-electron chi connectivity index (χ2n) is 7.62. The molecule has 2 atom stereocenters. The van der Waals surface area contributed by atoms with Crippen molar-refractivity contribution in [2.75, 3.05) is 13.2 Å². The molecule has 170 valence electrons. The molecule has 1 aromatic carbocycles. The Labute approximate surface area is 186 Å². The van der Waals surface area contributed by atoms with Crippen LogP contribution in [0.25, 0.3) is 6.08 Å². The fourth-order valence-electron chi connectivity index (χ4n) is 3.04. The van der Waals surface area contributed by atoms with E-state index >= 15 is 0 Å². The summed E-state index contributed by atoms with van der Waals surface area (Å²) in [7, 11) is 0. The topological polar surface area (TPSA) is 108 Å². The van der Waals surface area contributed by atoms with E-state index in [1.165, 1.54) is 18.2 Å². The van der Waals surface area contributed by atoms with Crippen LogP contribution in [0, 0.1) is 11.7 Å². The van der Waals surface area contributed by atoms with Crippen LogP contribution in [-0.2, 0) is 14.4 Å². The summed E-state index contributed by atoms with van der Waals surface area (Å²) in [6, 6.07) is 2.75. The highest BCUT2D eigenvalue weighted by atomic mass is 35.5. The maximum atomic E-state index is 13.8. The van der Waals surface area contributed by atoms with E-state index in [1.54, 1.807) is 0 Å². The molecule has 0 heterocycles. The molecule has 1 aromatic rings. The number of rotatable bonds is 12. The Morgan fingerprint density at radius 1 is 1.29 bits per heavy atom. The van der Waals surface area contributed by atoms with Gasteiger partial charge in [-0.1, -0.05) is 30.5 Å². The molecule has 4 N–H and O–H groups in total. The number of aliphatic hydroxyl groups excluding tert-OH is 1. The van der Waals surface area contributed by atoms with Crippen LogP contribution in [0.3, 0.4) is 0 Å². The van der Waals surface area contributed by atoms with Crippen molar-refractivity contribution in [2.45, 2.75) is 51.1 Å². The van der Waals surface area contributed by atoms with Crippen LogP contribution in [-0.4, -0.2) is 48.1 Å². The van der Waals surface area contributed by atoms with Crippen molar-refractivity contribution in [2.24, 2.45) is 5.92 Å². The summed E-state index contributed by atoms with van der Waals surface area (Å²) in [4.78, 5) is 36.6. The molecule has 1 saturated carbocycles. The Kier molecular flexibility index (Phi) is 9.94. The average molecular weight is 454 g/mol. The summed E-state index contributed by atoms with van der Waals surface area (Å²) in [5.41, 5.74) is 0.202. The van der Waals surface area contributed by atoms with Crippen LogP contribution < -0.4 is 16.0 Å². The third-order valence-corrected chi connectivity index (χ3v) is 5.17. The Morgan fingerprint density at radius 3 is 2.65 bits per heavy atom. The number of halogens is 2. The van der Waals surface area contributed by atoms with Gasteiger partial charge in [-0.25, -0.2) is 4.39 Å². The third kappa shape index (κ3) is 9.06. The number of hydrogen-bond acceptors (Lipinski definition) is 4. The molecule has 2 unspecified atom stereocenters. The van der Waals surface area contributed by atoms with Gasteiger partial charge >= 0.3 is 0 Å². The largest absolute Gasteiger partial charge is 0.394 e. The number of nitrogens with one attached hydrogen (secondary N) is 3. The van der Waals surface area contributed by atoms with E-state index in [-0.39, 0.29) is 35.9 Å². The molecule has 1 aliphatic carbocycles. The third-order valence-electron chi connectivity index (χ3n) is 4.94. The molecular weight excluding hydrogens is 425 g/mol. The Morgan fingerprint density at radius 2 is 2.03 bits per heavy atom. The fraction of sp³-hybridized carbons (Fsp3) is 0.500. The molecule has 0 aromatic heterocycles. The number of hydrogen-bond donors (Lipinski definition) is 4. The minimum absolute atomic E-state index is 0.155. The zero-order valence-corrected chi connectivity index (χ0v) is 18.3. The van der Waals surface area contributed by atoms with Crippen LogP contribution in [0.4, 0.5) is 4.39 Å². The molecular formula is C22H29ClFN3O4. The first-order chi connectivity index (χ1) is 14.8. The van der Waals surface area contributed by atoms with E-state index in [0.717, 1.165) is 25.0 Å². The highest BCUT2D eigenvalue weighted by molar-refractivity contribution is 6.30. The van der Waals surface area contributed by atoms with Gasteiger partial charge in [0.2, 0.25) is 17.7 Å². The van der Waals surface area contributed by atoms with Crippen molar-refractivity contribution >= 4 is 35.4 Å². The van der Waals surface area contributed by atoms with Gasteiger partial charge in [-0.15, -0.1) is 0 Å². The molecule has 0 aliphatic heterocycles. The first-order valence-corrected chi connectivity index (χ1v) is 10.8. The molecule has 1 fully saturated rings. The summed E-state index contributed by atoms with van der Waals surface area (Å²) in [5.74, 6) is -1.30. The molecule has 3 amide bonds. The number of carbonyl (C=O) groups is 3. The van der Waals surface area contributed by atoms with Gasteiger partial charge < -0.3 is 21.1 Å². The monoisotopic (exact) mass is 453 g/mol. The summed E-state index contributed by atoms with van der Waals surface area (Å²) in [6.07, 6.45) is 5.41. The normalized spacial score (nSPS) is 15.4. The van der Waals surface area contributed by atoms with Gasteiger partial charge in [-0.2, -0.15) is 0 Å². The predicted octanol–water partition coefficient (Wildman–Crippen LogP) is 2.17. The molecule has 31 heavy (non-hydrogen) atoms. The molecule has 2 rings (SSSR count). The summed E-state index contributed by atoms with van der Waals surface area (Å²) in [5, 5.41) is 17.8. The van der Waals surface area contributed by atoms with E-state index < -0.39 is 29.7 Å². The van der Waals surface area contributed by atoms with Crippen LogP contribution in [0.15, 0.2) is 24.3 Å². The Bertz CT molecular complexity index is 814. The lowest BCUT2D eigenvalue weighted by Crippen LogP contribution is -2.50. The van der Waals surface area contributed by atoms with Gasteiger partial charge in [0.1, 0.15) is 11.9 Å². The van der Waals surface area contributed by atoms with E-state index in [4.69, 9.17) is 11.6 Å². The van der Waals surface area contributed by atoms with Crippen molar-refractivity contribution in [1.29, 1.82) is 0 Å². The number of carbonyl (C=O) groups excluding carboxylic acids is 3. The van der Waals surface area contributed by atoms with E-state index in [0.29, 0.717) is 18.9 Å². The van der Waals surface area contributed by atoms with Gasteiger partial charge in [-0.3, -0.25) is 14.4 Å². The van der Waals surface area contributed by atoms with Crippen LogP contribution >= 0.6 is 11.6 Å². The molecule has 0 radical (unpaired) electrons. The lowest BCUT2D eigenvalue weighted by molar-refractivity contribution is -0.128. The smallest absolute Gasteiger partial charge is 0.244 e. The molecule has 0 bridgehead atoms. The van der Waals surface area contributed by atoms with Crippen molar-refractivity contribution in [1.82, 2.24) is 16.0 Å². The maximum Gasteiger partial charge on any atom is 0.244 e. The van der Waals surface area contributed by atoms with E-state index in [2.05, 4.69) is 16.0 Å². The van der Waals surface area contributed by atoms with Gasteiger partial charge in [0, 0.05) is 29.6 Å². The standard InChI is InChI=1S/C22H29ClFN3O4/c1-2-25-20(29)10-8-17(13-28)26-22(31)19(11-14-3-4-14)27-21(30)9-6-15-5-7-16(23)12-18(15)24/h5-7,9,12,14,17,19,28H,2-4,8,10-11,13H2,1H3,(H,25,29)(H,26,31)(H,27,30)/b9-6+. The van der Waals surface area contributed by atoms with Gasteiger partial charge in [0.15, 0.2) is 0 Å². The minimum Gasteiger partial charge on any atom is -0.394 e. The summed E-state index contributed by atoms with van der Waals surface area (Å²) in [6.45, 7) is 2.01. The molecule has 1 aliphatic rings. The van der Waals surface area contributed by atoms with E-state index in [1.807, 2.05) is 6.92 Å². The molecule has 9 heteroatoms. The first-order valence-electron chi connectivity index (χ1n) is 10.4. The lowest BCUT2D eigenvalue weighted by atomic mass is 10.1. The quantitative estimate of drug-likeness (QED) is 0.364. The van der Waals surface area contributed by atoms with Crippen molar-refractivity contribution < 1.29 is 23.9 Å². The van der Waals surface area contributed by atoms with Crippen molar-refractivity contribution in [3.8, 4) is 0 Å². The minimum atomic E-state index is -0.779. The molecule has 7 nitrogen and oxygen atoms in total. The van der Waals surface area contributed by atoms with Gasteiger partial charge in [-0.05, 0) is 43.9 Å². The van der Waals surface area contributed by atoms with Crippen molar-refractivity contribution in [3.63, 3.8) is 0 Å². The zero-order chi connectivity index (χ0) is 22.8. The number of benzene rings is 1. The Balaban J connectivity index is 1.94. The van der Waals surface area contributed by atoms with Crippen LogP contribution in [0.5, 0.6) is 0 Å². The molecule has 0 saturated heterocycles. The second kappa shape index (κ2) is 12.4. The van der Waals surface area contributed by atoms with Crippen LogP contribution in [0.2, 0.25) is 5.02 Å². The summed E-state index contributed by atoms with van der Waals surface area (Å²) < 4.78 is 13.8. The molecule has 0 spiro atoms. The lowest BCUT2D eigenvalue weighted by Gasteiger charge is -2.22. The first kappa shape index (κ1) is 24.8. The van der Waals surface area contributed by atoms with Gasteiger partial charge in [0.25, 0.3) is 0 Å². The predicted molar refractivity (Wildman–Crippen MR) is 117 cm³/mol. The van der Waals surface area contributed by atoms with E-state index in [9.17, 15) is 23.9 Å². The summed E-state index contributed by atoms with van der Waals surface area (Å²) >= 11 is 5.72. The van der Waals surface area contributed by atoms with Crippen molar-refractivity contribution in [3.05, 3.63) is 40.7 Å². The second-order valence-corrected chi connectivity index (χ2v) is 8.06. The zero-order valence-electron chi connectivity index (χ0n) is 17.5. The Hall–Kier alpha value is -2.45. The number of aliphatic hydroxyl groups is 1. The number of amides is 3. The fourth-order valence-corrected chi connectivity index (χ4v) is 3.20. The van der Waals surface area contributed by atoms with Crippen LogP contribution in [0.1, 0.15) is 44.6 Å². The maximum absolute atomic E-state index is 13.8. The van der Waals surface area contributed by atoms with Gasteiger partial charge in [0.05, 0.1) is 12.6 Å². The highest BCUT2D eigenvalue weighted by Crippen LogP contribution is 2.33. The SMILES string of the molecule is CCNC(=O)CCC(CO)NC(=O)C(CC1CC1)NC(=O)/C=C/c1ccc(Cl)cc1F. The average Bonchev–Trinajstić information content (AvgIpc) is 3.54.